The van der Waals surface area contributed by atoms with E-state index in [-0.39, 0.29) is 11.8 Å². The maximum Gasteiger partial charge on any atom is 0.216 e. The van der Waals surface area contributed by atoms with Crippen LogP contribution in [0.15, 0.2) is 0 Å². The molecule has 2 aliphatic rings. The average molecular weight is 220 g/mol. The molecule has 2 N–H and O–H groups in total. The molecule has 2 aliphatic heterocycles. The number of nitrogens with two attached hydrogens (primary N) is 1. The van der Waals surface area contributed by atoms with Crippen molar-refractivity contribution < 1.29 is 13.2 Å². The van der Waals surface area contributed by atoms with Gasteiger partial charge in [0.25, 0.3) is 0 Å². The van der Waals surface area contributed by atoms with Crippen molar-refractivity contribution in [1.29, 1.82) is 0 Å². The Balaban J connectivity index is 2.34. The number of hydrogen-bond acceptors (Lipinski definition) is 4. The SMILES string of the molecule is CN1C2(CCCOC2)C(N)CS1(=O)=O. The van der Waals surface area contributed by atoms with E-state index in [1.807, 2.05) is 0 Å². The van der Waals surface area contributed by atoms with Crippen LogP contribution in [0.25, 0.3) is 0 Å². The highest BCUT2D eigenvalue weighted by atomic mass is 32.2. The van der Waals surface area contributed by atoms with E-state index in [2.05, 4.69) is 0 Å². The largest absolute Gasteiger partial charge is 0.379 e. The second kappa shape index (κ2) is 3.16. The summed E-state index contributed by atoms with van der Waals surface area (Å²) < 4.78 is 30.0. The molecule has 0 aliphatic carbocycles. The van der Waals surface area contributed by atoms with Crippen molar-refractivity contribution in [2.24, 2.45) is 5.73 Å². The van der Waals surface area contributed by atoms with Crippen LogP contribution in [0, 0.1) is 0 Å². The normalized spacial score (nSPS) is 43.1. The van der Waals surface area contributed by atoms with E-state index in [4.69, 9.17) is 10.5 Å². The van der Waals surface area contributed by atoms with Crippen molar-refractivity contribution in [3.05, 3.63) is 0 Å². The molecule has 0 aromatic heterocycles. The molecular formula is C8H16N2O3S. The highest BCUT2D eigenvalue weighted by Gasteiger charge is 2.54. The molecule has 0 aromatic carbocycles. The summed E-state index contributed by atoms with van der Waals surface area (Å²) in [4.78, 5) is 0. The predicted octanol–water partition coefficient (Wildman–Crippen LogP) is -0.862. The Kier molecular flexibility index (Phi) is 2.34. The van der Waals surface area contributed by atoms with Crippen LogP contribution in [0.1, 0.15) is 12.8 Å². The first-order valence-corrected chi connectivity index (χ1v) is 6.40. The quantitative estimate of drug-likeness (QED) is 0.576. The minimum absolute atomic E-state index is 0.0485. The molecule has 0 bridgehead atoms. The third kappa shape index (κ3) is 1.29. The van der Waals surface area contributed by atoms with Crippen LogP contribution in [0.4, 0.5) is 0 Å². The maximum absolute atomic E-state index is 11.6. The molecule has 2 unspecified atom stereocenters. The fraction of sp³-hybridized carbons (Fsp3) is 1.00. The first-order chi connectivity index (χ1) is 6.49. The van der Waals surface area contributed by atoms with Gasteiger partial charge < -0.3 is 10.5 Å². The monoisotopic (exact) mass is 220 g/mol. The first kappa shape index (κ1) is 10.4. The molecule has 2 rings (SSSR count). The van der Waals surface area contributed by atoms with E-state index in [0.29, 0.717) is 13.2 Å². The summed E-state index contributed by atoms with van der Waals surface area (Å²) in [7, 11) is -1.55. The summed E-state index contributed by atoms with van der Waals surface area (Å²) in [6.07, 6.45) is 1.69. The lowest BCUT2D eigenvalue weighted by Gasteiger charge is -2.40. The van der Waals surface area contributed by atoms with Crippen LogP contribution in [-0.2, 0) is 14.8 Å². The summed E-state index contributed by atoms with van der Waals surface area (Å²) in [6.45, 7) is 1.15. The fourth-order valence-electron chi connectivity index (χ4n) is 2.35. The van der Waals surface area contributed by atoms with E-state index in [1.165, 1.54) is 4.31 Å². The van der Waals surface area contributed by atoms with Gasteiger partial charge in [0.05, 0.1) is 17.9 Å². The van der Waals surface area contributed by atoms with Gasteiger partial charge >= 0.3 is 0 Å². The Morgan fingerprint density at radius 1 is 1.57 bits per heavy atom. The zero-order chi connectivity index (χ0) is 10.4. The molecule has 0 saturated carbocycles. The zero-order valence-electron chi connectivity index (χ0n) is 8.27. The number of hydrogen-bond donors (Lipinski definition) is 1. The third-order valence-corrected chi connectivity index (χ3v) is 5.35. The van der Waals surface area contributed by atoms with Crippen LogP contribution < -0.4 is 5.73 Å². The van der Waals surface area contributed by atoms with Crippen molar-refractivity contribution in [2.75, 3.05) is 26.0 Å². The van der Waals surface area contributed by atoms with Crippen molar-refractivity contribution in [3.63, 3.8) is 0 Å². The summed E-state index contributed by atoms with van der Waals surface area (Å²) in [5, 5.41) is 0. The number of ether oxygens (including phenoxy) is 1. The number of rotatable bonds is 0. The van der Waals surface area contributed by atoms with Crippen molar-refractivity contribution in [1.82, 2.24) is 4.31 Å². The van der Waals surface area contributed by atoms with Gasteiger partial charge in [0.1, 0.15) is 0 Å². The van der Waals surface area contributed by atoms with Crippen molar-refractivity contribution in [2.45, 2.75) is 24.4 Å². The molecule has 2 heterocycles. The topological polar surface area (TPSA) is 72.6 Å². The Morgan fingerprint density at radius 2 is 2.29 bits per heavy atom. The van der Waals surface area contributed by atoms with Crippen molar-refractivity contribution in [3.8, 4) is 0 Å². The van der Waals surface area contributed by atoms with E-state index in [9.17, 15) is 8.42 Å². The summed E-state index contributed by atoms with van der Waals surface area (Å²) >= 11 is 0. The van der Waals surface area contributed by atoms with Crippen LogP contribution in [-0.4, -0.2) is 50.3 Å². The molecule has 82 valence electrons. The van der Waals surface area contributed by atoms with Gasteiger partial charge in [0.15, 0.2) is 0 Å². The summed E-state index contributed by atoms with van der Waals surface area (Å²) in [5.41, 5.74) is 5.43. The fourth-order valence-corrected chi connectivity index (χ4v) is 4.17. The lowest BCUT2D eigenvalue weighted by molar-refractivity contribution is -0.0105. The van der Waals surface area contributed by atoms with Gasteiger partial charge in [-0.25, -0.2) is 8.42 Å². The maximum atomic E-state index is 11.6. The lowest BCUT2D eigenvalue weighted by atomic mass is 9.86. The number of sulfonamides is 1. The molecule has 5 nitrogen and oxygen atoms in total. The summed E-state index contributed by atoms with van der Waals surface area (Å²) in [5.74, 6) is 0.0485. The van der Waals surface area contributed by atoms with Crippen molar-refractivity contribution >= 4 is 10.0 Å². The Bertz CT molecular complexity index is 321. The second-order valence-electron chi connectivity index (χ2n) is 4.11. The van der Waals surface area contributed by atoms with Crippen LogP contribution in [0.3, 0.4) is 0 Å². The van der Waals surface area contributed by atoms with E-state index in [0.717, 1.165) is 12.8 Å². The third-order valence-electron chi connectivity index (χ3n) is 3.38. The van der Waals surface area contributed by atoms with E-state index >= 15 is 0 Å². The van der Waals surface area contributed by atoms with E-state index < -0.39 is 15.6 Å². The Hall–Kier alpha value is -0.170. The molecule has 1 spiro atoms. The van der Waals surface area contributed by atoms with Gasteiger partial charge in [0, 0.05) is 19.7 Å². The Labute approximate surface area is 84.3 Å². The number of likely N-dealkylation sites (N-methyl/N-ethyl adjacent to an activating group) is 1. The molecule has 2 fully saturated rings. The van der Waals surface area contributed by atoms with Gasteiger partial charge in [-0.1, -0.05) is 0 Å². The zero-order valence-corrected chi connectivity index (χ0v) is 9.09. The van der Waals surface area contributed by atoms with Gasteiger partial charge in [-0.2, -0.15) is 4.31 Å². The standard InChI is InChI=1S/C8H16N2O3S/c1-10-8(3-2-4-13-6-8)7(9)5-14(10,11)12/h7H,2-6,9H2,1H3. The Morgan fingerprint density at radius 3 is 2.71 bits per heavy atom. The van der Waals surface area contributed by atoms with Gasteiger partial charge in [-0.3, -0.25) is 0 Å². The van der Waals surface area contributed by atoms with Crippen LogP contribution >= 0.6 is 0 Å². The van der Waals surface area contributed by atoms with Gasteiger partial charge in [-0.05, 0) is 12.8 Å². The second-order valence-corrected chi connectivity index (χ2v) is 6.16. The molecule has 2 atom stereocenters. The minimum atomic E-state index is -3.15. The number of nitrogens with zero attached hydrogens (tertiary/aromatic N) is 1. The van der Waals surface area contributed by atoms with Crippen LogP contribution in [0.5, 0.6) is 0 Å². The predicted molar refractivity (Wildman–Crippen MR) is 52.3 cm³/mol. The van der Waals surface area contributed by atoms with Gasteiger partial charge in [-0.15, -0.1) is 0 Å². The molecule has 14 heavy (non-hydrogen) atoms. The highest BCUT2D eigenvalue weighted by Crippen LogP contribution is 2.35. The molecule has 2 saturated heterocycles. The lowest BCUT2D eigenvalue weighted by Crippen LogP contribution is -2.58. The smallest absolute Gasteiger partial charge is 0.216 e. The van der Waals surface area contributed by atoms with Gasteiger partial charge in [0.2, 0.25) is 10.0 Å². The molecule has 0 aromatic rings. The van der Waals surface area contributed by atoms with Crippen LogP contribution in [0.2, 0.25) is 0 Å². The molecular weight excluding hydrogens is 204 g/mol. The summed E-state index contributed by atoms with van der Waals surface area (Å²) in [6, 6.07) is -0.321. The average Bonchev–Trinajstić information content (AvgIpc) is 2.30. The molecule has 6 heteroatoms. The minimum Gasteiger partial charge on any atom is -0.379 e. The molecule has 0 radical (unpaired) electrons. The highest BCUT2D eigenvalue weighted by molar-refractivity contribution is 7.89. The first-order valence-electron chi connectivity index (χ1n) is 4.79. The molecule has 0 amide bonds. The van der Waals surface area contributed by atoms with E-state index in [1.54, 1.807) is 7.05 Å².